The number of aryl methyl sites for hydroxylation is 1. The van der Waals surface area contributed by atoms with Gasteiger partial charge in [-0.25, -0.2) is 9.50 Å². The minimum atomic E-state index is 0. The van der Waals surface area contributed by atoms with Crippen LogP contribution in [0, 0.1) is 6.92 Å². The average molecular weight is 368 g/mol. The van der Waals surface area contributed by atoms with Crippen molar-refractivity contribution in [2.24, 2.45) is 4.99 Å². The molecule has 1 fully saturated rings. The summed E-state index contributed by atoms with van der Waals surface area (Å²) >= 11 is 0. The van der Waals surface area contributed by atoms with Gasteiger partial charge < -0.3 is 10.1 Å². The maximum Gasteiger partial charge on any atom is 0.241 e. The van der Waals surface area contributed by atoms with Gasteiger partial charge in [0.05, 0.1) is 48.0 Å². The molecule has 1 aliphatic rings. The van der Waals surface area contributed by atoms with Gasteiger partial charge in [-0.2, -0.15) is 0 Å². The number of nitrogens with zero attached hydrogens (tertiary/aromatic N) is 5. The van der Waals surface area contributed by atoms with Crippen molar-refractivity contribution in [2.45, 2.75) is 40.7 Å². The summed E-state index contributed by atoms with van der Waals surface area (Å²) in [6.45, 7) is 11.3. The number of rotatable bonds is 4. The second-order valence-corrected chi connectivity index (χ2v) is 6.38. The predicted molar refractivity (Wildman–Crippen MR) is 111 cm³/mol. The number of hydrogen-bond acceptors (Lipinski definition) is 6. The van der Waals surface area contributed by atoms with Crippen LogP contribution >= 0.6 is 0 Å². The van der Waals surface area contributed by atoms with Gasteiger partial charge in [-0.05, 0) is 39.0 Å². The zero-order chi connectivity index (χ0) is 19.4. The largest absolute Gasteiger partial charge is 0.377 e. The van der Waals surface area contributed by atoms with Crippen molar-refractivity contribution in [1.82, 2.24) is 19.6 Å². The maximum atomic E-state index is 5.16. The predicted octanol–water partition coefficient (Wildman–Crippen LogP) is 4.29. The summed E-state index contributed by atoms with van der Waals surface area (Å²) in [5, 5.41) is 7.77. The van der Waals surface area contributed by atoms with E-state index >= 15 is 0 Å². The lowest BCUT2D eigenvalue weighted by atomic mass is 10.1. The molecule has 144 valence electrons. The molecule has 1 N–H and O–H groups in total. The van der Waals surface area contributed by atoms with Gasteiger partial charge in [0.1, 0.15) is 0 Å². The first kappa shape index (κ1) is 19.0. The molecular formula is C20H28N6O. The van der Waals surface area contributed by atoms with Crippen LogP contribution in [0.15, 0.2) is 35.6 Å². The summed E-state index contributed by atoms with van der Waals surface area (Å²) in [4.78, 5) is 13.6. The van der Waals surface area contributed by atoms with Crippen LogP contribution in [0.3, 0.4) is 0 Å². The van der Waals surface area contributed by atoms with E-state index in [1.54, 1.807) is 0 Å². The van der Waals surface area contributed by atoms with Gasteiger partial charge in [0, 0.05) is 18.9 Å². The summed E-state index contributed by atoms with van der Waals surface area (Å²) in [5.41, 5.74) is 5.64. The van der Waals surface area contributed by atoms with E-state index < -0.39 is 0 Å². The summed E-state index contributed by atoms with van der Waals surface area (Å²) < 4.78 is 6.98. The first-order valence-electron chi connectivity index (χ1n) is 9.29. The number of nitrogens with one attached hydrogen (secondary N) is 1. The maximum absolute atomic E-state index is 5.16. The van der Waals surface area contributed by atoms with Crippen LogP contribution < -0.4 is 5.32 Å². The van der Waals surface area contributed by atoms with Gasteiger partial charge in [0.2, 0.25) is 5.95 Å². The normalized spacial score (nSPS) is 13.5. The van der Waals surface area contributed by atoms with Crippen molar-refractivity contribution in [3.8, 4) is 11.3 Å². The van der Waals surface area contributed by atoms with Crippen LogP contribution in [-0.4, -0.2) is 44.5 Å². The van der Waals surface area contributed by atoms with E-state index in [2.05, 4.69) is 20.4 Å². The lowest BCUT2D eigenvalue weighted by Gasteiger charge is -2.26. The van der Waals surface area contributed by atoms with Crippen molar-refractivity contribution in [3.05, 3.63) is 36.3 Å². The third-order valence-corrected chi connectivity index (χ3v) is 4.07. The Kier molecular flexibility index (Phi) is 5.81. The van der Waals surface area contributed by atoms with E-state index in [-0.39, 0.29) is 1.43 Å². The zero-order valence-electron chi connectivity index (χ0n) is 16.5. The molecule has 1 aliphatic heterocycles. The lowest BCUT2D eigenvalue weighted by molar-refractivity contribution is 0.0207. The van der Waals surface area contributed by atoms with E-state index in [0.29, 0.717) is 25.2 Å². The third kappa shape index (κ3) is 4.14. The highest BCUT2D eigenvalue weighted by molar-refractivity contribution is 5.83. The van der Waals surface area contributed by atoms with Crippen LogP contribution in [-0.2, 0) is 4.74 Å². The fourth-order valence-electron chi connectivity index (χ4n) is 2.75. The van der Waals surface area contributed by atoms with Crippen molar-refractivity contribution >= 4 is 22.9 Å². The van der Waals surface area contributed by atoms with Crippen molar-refractivity contribution < 1.29 is 6.16 Å². The van der Waals surface area contributed by atoms with Crippen LogP contribution in [0.2, 0.25) is 0 Å². The van der Waals surface area contributed by atoms with Gasteiger partial charge in [0.15, 0.2) is 0 Å². The number of ether oxygens (including phenoxy) is 1. The van der Waals surface area contributed by atoms with E-state index in [1.807, 2.05) is 69.7 Å². The Hall–Kier alpha value is -2.80. The van der Waals surface area contributed by atoms with Crippen molar-refractivity contribution in [1.29, 1.82) is 0 Å². The topological polar surface area (TPSA) is 76.7 Å². The fraction of sp³-hybridized carbons (Fsp3) is 0.400. The summed E-state index contributed by atoms with van der Waals surface area (Å²) in [7, 11) is 0. The number of aromatic nitrogens is 4. The van der Waals surface area contributed by atoms with E-state index in [0.717, 1.165) is 33.9 Å². The van der Waals surface area contributed by atoms with E-state index in [4.69, 9.17) is 9.72 Å². The molecule has 0 atom stereocenters. The number of anilines is 1. The molecule has 0 aromatic carbocycles. The third-order valence-electron chi connectivity index (χ3n) is 4.07. The minimum absolute atomic E-state index is 0. The molecule has 7 heteroatoms. The molecule has 0 radical (unpaired) electrons. The second-order valence-electron chi connectivity index (χ2n) is 6.38. The number of aliphatic imine (C=N–C) groups is 1. The molecule has 0 aliphatic carbocycles. The molecule has 7 nitrogen and oxygen atoms in total. The minimum Gasteiger partial charge on any atom is -0.377 e. The number of fused-ring (bicyclic) bond motifs is 1. The summed E-state index contributed by atoms with van der Waals surface area (Å²) in [6, 6.07) is 6.30. The van der Waals surface area contributed by atoms with Crippen molar-refractivity contribution in [2.75, 3.05) is 18.5 Å². The van der Waals surface area contributed by atoms with Gasteiger partial charge in [-0.3, -0.25) is 9.98 Å². The first-order valence-corrected chi connectivity index (χ1v) is 9.29. The SMILES string of the molecule is CC.CC(C)=Nc1ccc(-c2ccn3nc(NC4COC4)ncc23)nc1C.[HH]. The molecular weight excluding hydrogens is 340 g/mol. The standard InChI is InChI=1S/C18H20N6O.C2H6.H2/c1-11(2)20-15-4-5-16(21-12(15)3)14-6-7-24-17(14)8-19-18(23-24)22-13-9-25-10-13;1-2;/h4-8,13H,9-10H2,1-3H3,(H,22,23);1-2H3;1H. The molecule has 0 spiro atoms. The van der Waals surface area contributed by atoms with Crippen molar-refractivity contribution in [3.63, 3.8) is 0 Å². The molecule has 0 bridgehead atoms. The van der Waals surface area contributed by atoms with E-state index in [9.17, 15) is 0 Å². The molecule has 27 heavy (non-hydrogen) atoms. The molecule has 4 rings (SSSR count). The molecule has 4 heterocycles. The van der Waals surface area contributed by atoms with Crippen LogP contribution in [0.4, 0.5) is 11.6 Å². The Labute approximate surface area is 161 Å². The molecule has 0 saturated carbocycles. The van der Waals surface area contributed by atoms with Gasteiger partial charge in [0.25, 0.3) is 0 Å². The number of pyridine rings is 1. The smallest absolute Gasteiger partial charge is 0.241 e. The molecule has 3 aromatic rings. The Morgan fingerprint density at radius 2 is 2.04 bits per heavy atom. The molecule has 3 aromatic heterocycles. The molecule has 1 saturated heterocycles. The Morgan fingerprint density at radius 1 is 1.26 bits per heavy atom. The van der Waals surface area contributed by atoms with Gasteiger partial charge >= 0.3 is 0 Å². The highest BCUT2D eigenvalue weighted by atomic mass is 16.5. The molecule has 0 unspecified atom stereocenters. The zero-order valence-corrected chi connectivity index (χ0v) is 16.5. The fourth-order valence-corrected chi connectivity index (χ4v) is 2.75. The highest BCUT2D eigenvalue weighted by Crippen LogP contribution is 2.27. The lowest BCUT2D eigenvalue weighted by Crippen LogP contribution is -2.40. The Bertz CT molecular complexity index is 960. The van der Waals surface area contributed by atoms with Gasteiger partial charge in [-0.1, -0.05) is 13.8 Å². The van der Waals surface area contributed by atoms with Crippen LogP contribution in [0.1, 0.15) is 34.8 Å². The summed E-state index contributed by atoms with van der Waals surface area (Å²) in [5.74, 6) is 0.607. The van der Waals surface area contributed by atoms with Crippen LogP contribution in [0.25, 0.3) is 16.8 Å². The number of hydrogen-bond donors (Lipinski definition) is 1. The first-order chi connectivity index (χ1) is 13.1. The Morgan fingerprint density at radius 3 is 2.67 bits per heavy atom. The van der Waals surface area contributed by atoms with Gasteiger partial charge in [-0.15, -0.1) is 5.10 Å². The summed E-state index contributed by atoms with van der Waals surface area (Å²) in [6.07, 6.45) is 3.75. The van der Waals surface area contributed by atoms with Crippen LogP contribution in [0.5, 0.6) is 0 Å². The molecule has 0 amide bonds. The second kappa shape index (κ2) is 8.26. The average Bonchev–Trinajstić information content (AvgIpc) is 3.04. The highest BCUT2D eigenvalue weighted by Gasteiger charge is 2.19. The Balaban J connectivity index is 0.000000906. The quantitative estimate of drug-likeness (QED) is 0.695. The van der Waals surface area contributed by atoms with E-state index in [1.165, 1.54) is 0 Å². The monoisotopic (exact) mass is 368 g/mol.